The monoisotopic (exact) mass is 369 g/mol. The van der Waals surface area contributed by atoms with Gasteiger partial charge in [0.25, 0.3) is 5.91 Å². The van der Waals surface area contributed by atoms with Crippen LogP contribution in [0.15, 0.2) is 48.5 Å². The predicted octanol–water partition coefficient (Wildman–Crippen LogP) is 2.80. The lowest BCUT2D eigenvalue weighted by molar-refractivity contribution is -0.143. The van der Waals surface area contributed by atoms with Gasteiger partial charge in [-0.3, -0.25) is 14.5 Å². The molecule has 5 heteroatoms. The maximum Gasteiger partial charge on any atom is 0.264 e. The van der Waals surface area contributed by atoms with Gasteiger partial charge in [-0.15, -0.1) is 6.42 Å². The number of benzene rings is 2. The van der Waals surface area contributed by atoms with Crippen LogP contribution in [0.4, 0.5) is 5.69 Å². The van der Waals surface area contributed by atoms with Crippen molar-refractivity contribution in [2.75, 3.05) is 18.0 Å². The Bertz CT molecular complexity index is 1190. The van der Waals surface area contributed by atoms with Crippen LogP contribution in [-0.4, -0.2) is 34.8 Å². The summed E-state index contributed by atoms with van der Waals surface area (Å²) in [5, 5.41) is 1.10. The van der Waals surface area contributed by atoms with E-state index in [1.165, 1.54) is 6.92 Å². The third kappa shape index (κ3) is 1.87. The molecule has 2 aromatic carbocycles. The first-order chi connectivity index (χ1) is 13.6. The molecule has 2 aliphatic rings. The fourth-order valence-electron chi connectivity index (χ4n) is 4.87. The van der Waals surface area contributed by atoms with Gasteiger partial charge in [-0.1, -0.05) is 42.3 Å². The minimum Gasteiger partial charge on any atom is -0.355 e. The normalized spacial score (nSPS) is 20.4. The Kier molecular flexibility index (Phi) is 3.41. The number of aromatic amines is 1. The summed E-state index contributed by atoms with van der Waals surface area (Å²) in [7, 11) is 0. The van der Waals surface area contributed by atoms with Gasteiger partial charge in [-0.2, -0.15) is 0 Å². The van der Waals surface area contributed by atoms with Gasteiger partial charge in [-0.25, -0.2) is 0 Å². The molecule has 0 saturated heterocycles. The fourth-order valence-corrected chi connectivity index (χ4v) is 4.87. The molecule has 0 bridgehead atoms. The number of anilines is 1. The van der Waals surface area contributed by atoms with E-state index in [4.69, 9.17) is 6.42 Å². The first kappa shape index (κ1) is 16.6. The van der Waals surface area contributed by atoms with Gasteiger partial charge in [0.2, 0.25) is 5.91 Å². The molecule has 2 aliphatic heterocycles. The molecular weight excluding hydrogens is 350 g/mol. The molecule has 138 valence electrons. The van der Waals surface area contributed by atoms with Crippen molar-refractivity contribution in [1.29, 1.82) is 0 Å². The molecule has 3 heterocycles. The molecule has 0 saturated carbocycles. The predicted molar refractivity (Wildman–Crippen MR) is 108 cm³/mol. The molecule has 0 aliphatic carbocycles. The maximum absolute atomic E-state index is 13.9. The summed E-state index contributed by atoms with van der Waals surface area (Å²) in [5.74, 6) is 2.29. The highest BCUT2D eigenvalue weighted by Crippen LogP contribution is 2.51. The van der Waals surface area contributed by atoms with Crippen LogP contribution in [0, 0.1) is 12.3 Å². The van der Waals surface area contributed by atoms with E-state index < -0.39 is 5.54 Å². The number of rotatable bonds is 1. The number of aromatic nitrogens is 1. The van der Waals surface area contributed by atoms with E-state index in [9.17, 15) is 9.59 Å². The molecule has 1 atom stereocenters. The van der Waals surface area contributed by atoms with Crippen molar-refractivity contribution in [1.82, 2.24) is 9.88 Å². The number of H-pyrrole nitrogens is 1. The van der Waals surface area contributed by atoms with Crippen molar-refractivity contribution in [3.8, 4) is 12.3 Å². The van der Waals surface area contributed by atoms with Crippen molar-refractivity contribution in [3.05, 3.63) is 65.4 Å². The van der Waals surface area contributed by atoms with Crippen molar-refractivity contribution in [2.45, 2.75) is 18.9 Å². The lowest BCUT2D eigenvalue weighted by Crippen LogP contribution is -2.58. The van der Waals surface area contributed by atoms with Crippen molar-refractivity contribution in [3.63, 3.8) is 0 Å². The van der Waals surface area contributed by atoms with Gasteiger partial charge in [0, 0.05) is 29.9 Å². The minimum atomic E-state index is -1.20. The third-order valence-corrected chi connectivity index (χ3v) is 5.93. The SMILES string of the molecule is C#CCN1C(=O)[C@@]2(c3ccccc31)c1[nH]c3ccccc3c1CCN2C(C)=O. The number of para-hydroxylation sites is 2. The summed E-state index contributed by atoms with van der Waals surface area (Å²) in [5.41, 5.74) is 3.22. The van der Waals surface area contributed by atoms with E-state index in [-0.39, 0.29) is 18.4 Å². The number of carbonyl (C=O) groups excluding carboxylic acids is 2. The zero-order chi connectivity index (χ0) is 19.5. The molecule has 1 spiro atoms. The van der Waals surface area contributed by atoms with E-state index in [1.807, 2.05) is 42.5 Å². The molecule has 0 fully saturated rings. The summed E-state index contributed by atoms with van der Waals surface area (Å²) >= 11 is 0. The number of nitrogens with zero attached hydrogens (tertiary/aromatic N) is 2. The zero-order valence-electron chi connectivity index (χ0n) is 15.5. The Hall–Kier alpha value is -3.52. The summed E-state index contributed by atoms with van der Waals surface area (Å²) in [4.78, 5) is 33.4. The van der Waals surface area contributed by atoms with E-state index in [1.54, 1.807) is 9.80 Å². The number of fused-ring (bicyclic) bond motifs is 6. The Morgan fingerprint density at radius 3 is 2.75 bits per heavy atom. The molecule has 28 heavy (non-hydrogen) atoms. The summed E-state index contributed by atoms with van der Waals surface area (Å²) < 4.78 is 0. The number of amides is 2. The Labute approximate surface area is 162 Å². The molecule has 3 aromatic rings. The van der Waals surface area contributed by atoms with Crippen LogP contribution in [0.3, 0.4) is 0 Å². The third-order valence-electron chi connectivity index (χ3n) is 5.93. The van der Waals surface area contributed by atoms with E-state index in [0.29, 0.717) is 13.0 Å². The van der Waals surface area contributed by atoms with Crippen LogP contribution in [0.1, 0.15) is 23.7 Å². The fraction of sp³-hybridized carbons (Fsp3) is 0.217. The lowest BCUT2D eigenvalue weighted by Gasteiger charge is -2.43. The molecular formula is C23H19N3O2. The first-order valence-electron chi connectivity index (χ1n) is 9.34. The molecule has 1 N–H and O–H groups in total. The average Bonchev–Trinajstić information content (AvgIpc) is 3.19. The Balaban J connectivity index is 1.90. The largest absolute Gasteiger partial charge is 0.355 e. The summed E-state index contributed by atoms with van der Waals surface area (Å²) in [6.07, 6.45) is 6.26. The van der Waals surface area contributed by atoms with E-state index in [2.05, 4.69) is 17.0 Å². The second-order valence-electron chi connectivity index (χ2n) is 7.27. The van der Waals surface area contributed by atoms with Gasteiger partial charge in [0.15, 0.2) is 5.54 Å². The summed E-state index contributed by atoms with van der Waals surface area (Å²) in [6.45, 7) is 2.17. The quantitative estimate of drug-likeness (QED) is 0.671. The van der Waals surface area contributed by atoms with Gasteiger partial charge >= 0.3 is 0 Å². The lowest BCUT2D eigenvalue weighted by atomic mass is 9.80. The van der Waals surface area contributed by atoms with Crippen molar-refractivity contribution >= 4 is 28.4 Å². The number of hydrogen-bond donors (Lipinski definition) is 1. The first-order valence-corrected chi connectivity index (χ1v) is 9.34. The smallest absolute Gasteiger partial charge is 0.264 e. The van der Waals surface area contributed by atoms with Gasteiger partial charge in [0.1, 0.15) is 0 Å². The number of hydrogen-bond acceptors (Lipinski definition) is 2. The van der Waals surface area contributed by atoms with Crippen LogP contribution in [-0.2, 0) is 21.5 Å². The molecule has 5 nitrogen and oxygen atoms in total. The second kappa shape index (κ2) is 5.74. The highest BCUT2D eigenvalue weighted by atomic mass is 16.2. The number of terminal acetylenes is 1. The highest BCUT2D eigenvalue weighted by molar-refractivity contribution is 6.12. The average molecular weight is 369 g/mol. The highest BCUT2D eigenvalue weighted by Gasteiger charge is 2.60. The van der Waals surface area contributed by atoms with Gasteiger partial charge < -0.3 is 9.88 Å². The number of nitrogens with one attached hydrogen (secondary N) is 1. The van der Waals surface area contributed by atoms with Gasteiger partial charge in [-0.05, 0) is 24.1 Å². The topological polar surface area (TPSA) is 56.4 Å². The van der Waals surface area contributed by atoms with E-state index >= 15 is 0 Å². The van der Waals surface area contributed by atoms with Crippen LogP contribution in [0.25, 0.3) is 10.9 Å². The molecule has 0 unspecified atom stereocenters. The maximum atomic E-state index is 13.9. The number of carbonyl (C=O) groups is 2. The van der Waals surface area contributed by atoms with Crippen molar-refractivity contribution in [2.24, 2.45) is 0 Å². The van der Waals surface area contributed by atoms with Crippen LogP contribution < -0.4 is 4.90 Å². The van der Waals surface area contributed by atoms with E-state index in [0.717, 1.165) is 33.4 Å². The minimum absolute atomic E-state index is 0.130. The van der Waals surface area contributed by atoms with Crippen molar-refractivity contribution < 1.29 is 9.59 Å². The molecule has 1 aromatic heterocycles. The van der Waals surface area contributed by atoms with Gasteiger partial charge in [0.05, 0.1) is 17.9 Å². The zero-order valence-corrected chi connectivity index (χ0v) is 15.5. The molecule has 2 amide bonds. The Morgan fingerprint density at radius 1 is 1.21 bits per heavy atom. The van der Waals surface area contributed by atoms with Crippen LogP contribution in [0.5, 0.6) is 0 Å². The Morgan fingerprint density at radius 2 is 1.96 bits per heavy atom. The second-order valence-corrected chi connectivity index (χ2v) is 7.27. The molecule has 0 radical (unpaired) electrons. The van der Waals surface area contributed by atoms with Crippen LogP contribution in [0.2, 0.25) is 0 Å². The standard InChI is InChI=1S/C23H19N3O2/c1-3-13-25-20-11-7-5-9-18(20)23(22(25)28)21-17(12-14-26(23)15(2)27)16-8-4-6-10-19(16)24-21/h1,4-11,24H,12-14H2,2H3/t23-/m1/s1. The van der Waals surface area contributed by atoms with Crippen LogP contribution >= 0.6 is 0 Å². The summed E-state index contributed by atoms with van der Waals surface area (Å²) in [6, 6.07) is 15.7. The molecule has 5 rings (SSSR count).